The topological polar surface area (TPSA) is 94.8 Å². The predicted molar refractivity (Wildman–Crippen MR) is 147 cm³/mol. The molecule has 0 radical (unpaired) electrons. The molecule has 7 rings (SSSR count). The number of hydrogen-bond donors (Lipinski definition) is 2. The number of likely N-dealkylation sites (N-methyl/N-ethyl adjacent to an activating group) is 1. The van der Waals surface area contributed by atoms with Gasteiger partial charge in [-0.15, -0.1) is 0 Å². The van der Waals surface area contributed by atoms with Crippen molar-refractivity contribution in [2.24, 2.45) is 11.8 Å². The number of aromatic hydroxyl groups is 1. The molecule has 4 aromatic rings. The lowest BCUT2D eigenvalue weighted by Gasteiger charge is -2.33. The Morgan fingerprint density at radius 1 is 1.10 bits per heavy atom. The number of aromatic nitrogens is 3. The van der Waals surface area contributed by atoms with Crippen molar-refractivity contribution >= 4 is 27.5 Å². The number of piperidine rings is 1. The molecule has 4 heterocycles. The highest BCUT2D eigenvalue weighted by Gasteiger charge is 2.40. The van der Waals surface area contributed by atoms with Crippen LogP contribution in [0.1, 0.15) is 25.7 Å². The van der Waals surface area contributed by atoms with Crippen LogP contribution in [0.5, 0.6) is 11.8 Å². The molecule has 1 saturated carbocycles. The zero-order valence-corrected chi connectivity index (χ0v) is 21.9. The molecule has 0 spiro atoms. The van der Waals surface area contributed by atoms with Gasteiger partial charge in [0.2, 0.25) is 0 Å². The number of phenolic OH excluding ortho intramolecular Hbond substituents is 1. The van der Waals surface area contributed by atoms with E-state index in [2.05, 4.69) is 26.8 Å². The van der Waals surface area contributed by atoms with Crippen LogP contribution in [0.2, 0.25) is 0 Å². The van der Waals surface area contributed by atoms with E-state index in [1.54, 1.807) is 18.3 Å². The normalized spacial score (nSPS) is 25.2. The number of hydrogen-bond acceptors (Lipinski definition) is 8. The molecule has 2 saturated heterocycles. The van der Waals surface area contributed by atoms with Gasteiger partial charge in [-0.25, -0.2) is 4.39 Å². The maximum atomic E-state index is 16.4. The van der Waals surface area contributed by atoms with Gasteiger partial charge < -0.3 is 24.7 Å². The van der Waals surface area contributed by atoms with Crippen LogP contribution in [0.15, 0.2) is 42.6 Å². The Morgan fingerprint density at radius 3 is 2.79 bits per heavy atom. The van der Waals surface area contributed by atoms with Gasteiger partial charge in [0.15, 0.2) is 5.82 Å². The smallest absolute Gasteiger partial charge is 0.319 e. The first-order valence-corrected chi connectivity index (χ1v) is 13.8. The number of aliphatic hydroxyl groups is 1. The number of likely N-dealkylation sites (tertiary alicyclic amines) is 1. The van der Waals surface area contributed by atoms with Crippen molar-refractivity contribution < 1.29 is 19.3 Å². The van der Waals surface area contributed by atoms with E-state index in [4.69, 9.17) is 9.72 Å². The average Bonchev–Trinajstić information content (AvgIpc) is 3.46. The number of anilines is 1. The summed E-state index contributed by atoms with van der Waals surface area (Å²) in [4.78, 5) is 18.3. The minimum atomic E-state index is -0.574. The van der Waals surface area contributed by atoms with Gasteiger partial charge >= 0.3 is 6.01 Å². The molecule has 2 aliphatic heterocycles. The number of ether oxygens (including phenoxy) is 1. The fraction of sp³-hybridized carbons (Fsp3) is 0.433. The lowest BCUT2D eigenvalue weighted by molar-refractivity contribution is 0.137. The van der Waals surface area contributed by atoms with Gasteiger partial charge in [0.1, 0.15) is 29.4 Å². The summed E-state index contributed by atoms with van der Waals surface area (Å²) >= 11 is 0. The summed E-state index contributed by atoms with van der Waals surface area (Å²) in [6, 6.07) is 11.1. The second kappa shape index (κ2) is 9.57. The maximum Gasteiger partial charge on any atom is 0.319 e. The fourth-order valence-electron chi connectivity index (χ4n) is 6.77. The van der Waals surface area contributed by atoms with Gasteiger partial charge in [0.25, 0.3) is 0 Å². The molecule has 0 amide bonds. The van der Waals surface area contributed by atoms with Crippen LogP contribution in [-0.4, -0.2) is 75.5 Å². The quantitative estimate of drug-likeness (QED) is 0.394. The minimum Gasteiger partial charge on any atom is -0.508 e. The second-order valence-corrected chi connectivity index (χ2v) is 11.4. The minimum absolute atomic E-state index is 0.0421. The molecule has 2 aromatic heterocycles. The van der Waals surface area contributed by atoms with Crippen LogP contribution in [-0.2, 0) is 0 Å². The number of phenols is 1. The lowest BCUT2D eigenvalue weighted by atomic mass is 9.98. The molecule has 2 unspecified atom stereocenters. The second-order valence-electron chi connectivity index (χ2n) is 11.4. The van der Waals surface area contributed by atoms with Crippen LogP contribution in [0.25, 0.3) is 32.9 Å². The molecule has 3 aliphatic rings. The molecule has 2 aromatic carbocycles. The Morgan fingerprint density at radius 2 is 1.97 bits per heavy atom. The van der Waals surface area contributed by atoms with Crippen LogP contribution in [0.4, 0.5) is 10.2 Å². The van der Waals surface area contributed by atoms with Crippen molar-refractivity contribution in [3.05, 3.63) is 48.4 Å². The van der Waals surface area contributed by atoms with Crippen molar-refractivity contribution in [2.45, 2.75) is 37.8 Å². The van der Waals surface area contributed by atoms with Crippen LogP contribution in [0, 0.1) is 17.7 Å². The molecule has 2 bridgehead atoms. The molecule has 8 nitrogen and oxygen atoms in total. The van der Waals surface area contributed by atoms with Gasteiger partial charge in [-0.2, -0.15) is 9.97 Å². The Bertz CT molecular complexity index is 1560. The van der Waals surface area contributed by atoms with Gasteiger partial charge in [-0.1, -0.05) is 24.3 Å². The van der Waals surface area contributed by atoms with E-state index >= 15 is 4.39 Å². The molecule has 1 aliphatic carbocycles. The standard InChI is InChI=1S/C30H32FN5O3/c1-35-8-4-6-20(35)16-39-30-33-28-24(29(34-30)36-14-17-9-19(15-36)25(38)10-17)13-32-27(26(28)31)23-12-21(37)11-18-5-2-3-7-22(18)23/h2-3,5,7,11-13,17,19-20,25,37-38H,4,6,8-10,14-16H2,1H3/t17?,19?,20-,25+/m0/s1. The number of rotatable bonds is 5. The van der Waals surface area contributed by atoms with E-state index in [-0.39, 0.29) is 41.0 Å². The predicted octanol–water partition coefficient (Wildman–Crippen LogP) is 4.37. The number of halogens is 1. The van der Waals surface area contributed by atoms with E-state index in [1.165, 1.54) is 0 Å². The molecule has 9 heteroatoms. The SMILES string of the molecule is CN1CCC[C@H]1COc1nc(N2CC3CC(C2)[C@H](O)C3)c2cnc(-c3cc(O)cc4ccccc34)c(F)c2n1. The van der Waals surface area contributed by atoms with Crippen molar-refractivity contribution in [2.75, 3.05) is 38.2 Å². The summed E-state index contributed by atoms with van der Waals surface area (Å²) in [6.45, 7) is 2.85. The van der Waals surface area contributed by atoms with E-state index in [0.29, 0.717) is 35.8 Å². The van der Waals surface area contributed by atoms with E-state index < -0.39 is 5.82 Å². The Hall–Kier alpha value is -3.56. The van der Waals surface area contributed by atoms with E-state index in [0.717, 1.165) is 49.5 Å². The summed E-state index contributed by atoms with van der Waals surface area (Å²) in [5.41, 5.74) is 0.764. The molecule has 4 atom stereocenters. The van der Waals surface area contributed by atoms with Crippen molar-refractivity contribution in [1.29, 1.82) is 0 Å². The van der Waals surface area contributed by atoms with Gasteiger partial charge in [-0.3, -0.25) is 4.98 Å². The number of nitrogens with zero attached hydrogens (tertiary/aromatic N) is 5. The third-order valence-electron chi connectivity index (χ3n) is 8.81. The molecule has 39 heavy (non-hydrogen) atoms. The number of fused-ring (bicyclic) bond motifs is 4. The van der Waals surface area contributed by atoms with E-state index in [9.17, 15) is 10.2 Å². The zero-order valence-electron chi connectivity index (χ0n) is 21.9. The highest BCUT2D eigenvalue weighted by atomic mass is 19.1. The largest absolute Gasteiger partial charge is 0.508 e. The average molecular weight is 530 g/mol. The first-order valence-electron chi connectivity index (χ1n) is 13.8. The highest BCUT2D eigenvalue weighted by Crippen LogP contribution is 2.41. The number of aliphatic hydroxyl groups excluding tert-OH is 1. The Labute approximate surface area is 226 Å². The third kappa shape index (κ3) is 4.33. The van der Waals surface area contributed by atoms with Crippen LogP contribution < -0.4 is 9.64 Å². The van der Waals surface area contributed by atoms with E-state index in [1.807, 2.05) is 24.3 Å². The first kappa shape index (κ1) is 24.5. The molecule has 202 valence electrons. The Kier molecular flexibility index (Phi) is 6.01. The maximum absolute atomic E-state index is 16.4. The summed E-state index contributed by atoms with van der Waals surface area (Å²) in [7, 11) is 2.08. The summed E-state index contributed by atoms with van der Waals surface area (Å²) in [6.07, 6.45) is 5.25. The Balaban J connectivity index is 1.35. The van der Waals surface area contributed by atoms with Crippen molar-refractivity contribution in [3.63, 3.8) is 0 Å². The highest BCUT2D eigenvalue weighted by molar-refractivity contribution is 5.99. The van der Waals surface area contributed by atoms with Crippen molar-refractivity contribution in [1.82, 2.24) is 19.9 Å². The monoisotopic (exact) mass is 529 g/mol. The summed E-state index contributed by atoms with van der Waals surface area (Å²) < 4.78 is 22.5. The number of pyridine rings is 1. The molecule has 3 fully saturated rings. The summed E-state index contributed by atoms with van der Waals surface area (Å²) in [5.74, 6) is 0.601. The lowest BCUT2D eigenvalue weighted by Crippen LogP contribution is -2.38. The van der Waals surface area contributed by atoms with Crippen LogP contribution >= 0.6 is 0 Å². The number of benzene rings is 2. The van der Waals surface area contributed by atoms with Gasteiger partial charge in [0.05, 0.1) is 11.5 Å². The molecular weight excluding hydrogens is 497 g/mol. The van der Waals surface area contributed by atoms with Crippen molar-refractivity contribution in [3.8, 4) is 23.0 Å². The fourth-order valence-corrected chi connectivity index (χ4v) is 6.77. The summed E-state index contributed by atoms with van der Waals surface area (Å²) in [5, 5.41) is 23.0. The van der Waals surface area contributed by atoms with Gasteiger partial charge in [0, 0.05) is 36.8 Å². The zero-order chi connectivity index (χ0) is 26.7. The molecular formula is C30H32FN5O3. The first-order chi connectivity index (χ1) is 18.9. The third-order valence-corrected chi connectivity index (χ3v) is 8.81. The van der Waals surface area contributed by atoms with Gasteiger partial charge in [-0.05, 0) is 68.1 Å². The van der Waals surface area contributed by atoms with Crippen LogP contribution in [0.3, 0.4) is 0 Å². The molecule has 2 N–H and O–H groups in total.